The van der Waals surface area contributed by atoms with Crippen molar-refractivity contribution in [1.29, 1.82) is 0 Å². The van der Waals surface area contributed by atoms with Gasteiger partial charge in [-0.3, -0.25) is 9.80 Å². The fourth-order valence-corrected chi connectivity index (χ4v) is 3.72. The van der Waals surface area contributed by atoms with Crippen LogP contribution in [0.2, 0.25) is 0 Å². The number of nitrogens with two attached hydrogens (primary N) is 1. The van der Waals surface area contributed by atoms with Crippen LogP contribution in [0.5, 0.6) is 0 Å². The molecule has 0 radical (unpaired) electrons. The molecule has 3 rings (SSSR count). The number of nitrogens with zero attached hydrogens (tertiary/aromatic N) is 3. The highest BCUT2D eigenvalue weighted by Gasteiger charge is 2.42. The average molecular weight is 298 g/mol. The topological polar surface area (TPSA) is 83.6 Å². The van der Waals surface area contributed by atoms with Gasteiger partial charge >= 0.3 is 0 Å². The minimum absolute atomic E-state index is 0.0198. The molecule has 3 aliphatic heterocycles. The number of piperazine rings is 1. The lowest BCUT2D eigenvalue weighted by Crippen LogP contribution is -2.55. The van der Waals surface area contributed by atoms with Crippen LogP contribution in [0.4, 0.5) is 0 Å². The molecule has 3 saturated heterocycles. The van der Waals surface area contributed by atoms with Gasteiger partial charge < -0.3 is 20.4 Å². The largest absolute Gasteiger partial charge is 0.409 e. The van der Waals surface area contributed by atoms with E-state index in [1.807, 2.05) is 0 Å². The lowest BCUT2D eigenvalue weighted by atomic mass is 9.88. The monoisotopic (exact) mass is 298 g/mol. The van der Waals surface area contributed by atoms with E-state index in [1.165, 1.54) is 0 Å². The molecule has 3 heterocycles. The average Bonchev–Trinajstić information content (AvgIpc) is 2.95. The molecule has 2 unspecified atom stereocenters. The molecule has 21 heavy (non-hydrogen) atoms. The minimum Gasteiger partial charge on any atom is -0.409 e. The van der Waals surface area contributed by atoms with Gasteiger partial charge in [0, 0.05) is 51.9 Å². The fraction of sp³-hybridized carbons (Fsp3) is 0.929. The van der Waals surface area contributed by atoms with Crippen molar-refractivity contribution in [3.05, 3.63) is 0 Å². The zero-order valence-electron chi connectivity index (χ0n) is 12.5. The summed E-state index contributed by atoms with van der Waals surface area (Å²) in [4.78, 5) is 4.81. The van der Waals surface area contributed by atoms with Gasteiger partial charge in [0.15, 0.2) is 5.84 Å². The van der Waals surface area contributed by atoms with Gasteiger partial charge in [-0.15, -0.1) is 0 Å². The van der Waals surface area contributed by atoms with Crippen LogP contribution in [-0.4, -0.2) is 85.0 Å². The Labute approximate surface area is 125 Å². The van der Waals surface area contributed by atoms with Crippen molar-refractivity contribution in [1.82, 2.24) is 9.80 Å². The maximum Gasteiger partial charge on any atom is 0.153 e. The molecule has 0 aromatic rings. The maximum atomic E-state index is 8.64. The lowest BCUT2D eigenvalue weighted by molar-refractivity contribution is -0.109. The zero-order chi connectivity index (χ0) is 14.7. The fourth-order valence-electron chi connectivity index (χ4n) is 3.72. The van der Waals surface area contributed by atoms with E-state index in [2.05, 4.69) is 15.0 Å². The number of amidine groups is 1. The summed E-state index contributed by atoms with van der Waals surface area (Å²) in [6.07, 6.45) is 3.24. The summed E-state index contributed by atoms with van der Waals surface area (Å²) in [6.45, 7) is 7.01. The molecule has 0 aromatic carbocycles. The van der Waals surface area contributed by atoms with Gasteiger partial charge in [0.25, 0.3) is 0 Å². The summed E-state index contributed by atoms with van der Waals surface area (Å²) < 4.78 is 11.6. The third kappa shape index (κ3) is 3.48. The highest BCUT2D eigenvalue weighted by atomic mass is 16.6. The number of rotatable bonds is 3. The van der Waals surface area contributed by atoms with Gasteiger partial charge in [-0.2, -0.15) is 0 Å². The van der Waals surface area contributed by atoms with E-state index in [4.69, 9.17) is 20.4 Å². The molecule has 0 amide bonds. The van der Waals surface area contributed by atoms with Crippen molar-refractivity contribution in [2.75, 3.05) is 52.5 Å². The van der Waals surface area contributed by atoms with Crippen molar-refractivity contribution in [3.63, 3.8) is 0 Å². The summed E-state index contributed by atoms with van der Waals surface area (Å²) in [5.41, 5.74) is 5.55. The first kappa shape index (κ1) is 15.0. The Morgan fingerprint density at radius 1 is 1.29 bits per heavy atom. The third-order valence-corrected chi connectivity index (χ3v) is 4.97. The Balaban J connectivity index is 1.50. The molecule has 3 fully saturated rings. The molecule has 120 valence electrons. The van der Waals surface area contributed by atoms with Crippen LogP contribution in [0.25, 0.3) is 0 Å². The van der Waals surface area contributed by atoms with Gasteiger partial charge in [0.1, 0.15) is 0 Å². The Morgan fingerprint density at radius 2 is 2.10 bits per heavy atom. The van der Waals surface area contributed by atoms with Crippen LogP contribution in [0.15, 0.2) is 5.16 Å². The molecule has 0 bridgehead atoms. The van der Waals surface area contributed by atoms with Gasteiger partial charge in [0.05, 0.1) is 18.8 Å². The molecule has 0 saturated carbocycles. The second-order valence-corrected chi connectivity index (χ2v) is 6.38. The predicted molar refractivity (Wildman–Crippen MR) is 78.6 cm³/mol. The minimum atomic E-state index is -0.0198. The summed E-state index contributed by atoms with van der Waals surface area (Å²) in [5, 5.41) is 11.7. The van der Waals surface area contributed by atoms with Crippen LogP contribution in [0.3, 0.4) is 0 Å². The normalized spacial score (nSPS) is 36.4. The van der Waals surface area contributed by atoms with E-state index in [0.717, 1.165) is 65.3 Å². The smallest absolute Gasteiger partial charge is 0.153 e. The predicted octanol–water partition coefficient (Wildman–Crippen LogP) is -0.311. The van der Waals surface area contributed by atoms with Crippen LogP contribution in [-0.2, 0) is 9.47 Å². The van der Waals surface area contributed by atoms with Crippen LogP contribution in [0, 0.1) is 0 Å². The molecule has 7 heteroatoms. The summed E-state index contributed by atoms with van der Waals surface area (Å²) in [5.74, 6) is 0.288. The van der Waals surface area contributed by atoms with E-state index in [0.29, 0.717) is 12.6 Å². The first-order chi connectivity index (χ1) is 10.2. The van der Waals surface area contributed by atoms with Gasteiger partial charge in [-0.25, -0.2) is 0 Å². The SMILES string of the molecule is NC(CN1CCN(C2CCOC3(CCOC3)C2)CC1)=NO. The second-order valence-electron chi connectivity index (χ2n) is 6.38. The second kappa shape index (κ2) is 6.48. The highest BCUT2D eigenvalue weighted by Crippen LogP contribution is 2.34. The zero-order valence-corrected chi connectivity index (χ0v) is 12.5. The quantitative estimate of drug-likeness (QED) is 0.322. The van der Waals surface area contributed by atoms with E-state index < -0.39 is 0 Å². The lowest BCUT2D eigenvalue weighted by Gasteiger charge is -2.45. The highest BCUT2D eigenvalue weighted by molar-refractivity contribution is 5.81. The van der Waals surface area contributed by atoms with Crippen LogP contribution >= 0.6 is 0 Å². The number of oxime groups is 1. The molecule has 2 atom stereocenters. The van der Waals surface area contributed by atoms with Crippen molar-refractivity contribution in [2.24, 2.45) is 10.9 Å². The Kier molecular flexibility index (Phi) is 4.63. The summed E-state index contributed by atoms with van der Waals surface area (Å²) in [7, 11) is 0. The van der Waals surface area contributed by atoms with Gasteiger partial charge in [-0.1, -0.05) is 5.16 Å². The Morgan fingerprint density at radius 3 is 2.76 bits per heavy atom. The van der Waals surface area contributed by atoms with Crippen LogP contribution < -0.4 is 5.73 Å². The van der Waals surface area contributed by atoms with Crippen molar-refractivity contribution < 1.29 is 14.7 Å². The van der Waals surface area contributed by atoms with Crippen molar-refractivity contribution in [3.8, 4) is 0 Å². The Bertz CT molecular complexity index is 376. The standard InChI is InChI=1S/C14H26N4O3/c15-13(16-19)10-17-3-5-18(6-4-17)12-1-7-21-14(9-12)2-8-20-11-14/h12,19H,1-11H2,(H2,15,16). The molecule has 1 spiro atoms. The summed E-state index contributed by atoms with van der Waals surface area (Å²) >= 11 is 0. The van der Waals surface area contributed by atoms with Crippen LogP contribution in [0.1, 0.15) is 19.3 Å². The van der Waals surface area contributed by atoms with Crippen molar-refractivity contribution in [2.45, 2.75) is 30.9 Å². The third-order valence-electron chi connectivity index (χ3n) is 4.97. The first-order valence-electron chi connectivity index (χ1n) is 7.85. The number of hydrogen-bond donors (Lipinski definition) is 2. The van der Waals surface area contributed by atoms with E-state index in [1.54, 1.807) is 0 Å². The summed E-state index contributed by atoms with van der Waals surface area (Å²) in [6, 6.07) is 0.603. The van der Waals surface area contributed by atoms with E-state index in [-0.39, 0.29) is 11.4 Å². The van der Waals surface area contributed by atoms with E-state index >= 15 is 0 Å². The van der Waals surface area contributed by atoms with Gasteiger partial charge in [-0.05, 0) is 12.8 Å². The van der Waals surface area contributed by atoms with Gasteiger partial charge in [0.2, 0.25) is 0 Å². The Hall–Kier alpha value is -0.890. The number of hydrogen-bond acceptors (Lipinski definition) is 6. The molecule has 0 aliphatic carbocycles. The molecule has 7 nitrogen and oxygen atoms in total. The molecule has 0 aromatic heterocycles. The molecular weight excluding hydrogens is 272 g/mol. The first-order valence-corrected chi connectivity index (χ1v) is 7.85. The number of ether oxygens (including phenoxy) is 2. The maximum absolute atomic E-state index is 8.64. The molecule has 3 aliphatic rings. The van der Waals surface area contributed by atoms with E-state index in [9.17, 15) is 0 Å². The molecule has 3 N–H and O–H groups in total. The molecular formula is C14H26N4O3. The van der Waals surface area contributed by atoms with Crippen molar-refractivity contribution >= 4 is 5.84 Å².